The molecule has 4 heterocycles. The molecule has 5 aliphatic rings. The number of hydrazone groups is 1. The molecule has 63 heavy (non-hydrogen) atoms. The van der Waals surface area contributed by atoms with Gasteiger partial charge in [0.1, 0.15) is 18.4 Å². The lowest BCUT2D eigenvalue weighted by molar-refractivity contribution is -0.156. The zero-order chi connectivity index (χ0) is 46.2. The van der Waals surface area contributed by atoms with Gasteiger partial charge in [0.25, 0.3) is 0 Å². The minimum Gasteiger partial charge on any atom is -0.481 e. The van der Waals surface area contributed by atoms with E-state index < -0.39 is 60.6 Å². The van der Waals surface area contributed by atoms with Crippen molar-refractivity contribution in [2.75, 3.05) is 53.9 Å². The number of urea groups is 3. The topological polar surface area (TPSA) is 307 Å². The van der Waals surface area contributed by atoms with Gasteiger partial charge in [0.05, 0.1) is 18.5 Å². The number of nitrogens with zero attached hydrogens (tertiary/aromatic N) is 7. The van der Waals surface area contributed by atoms with Crippen molar-refractivity contribution in [1.82, 2.24) is 67.6 Å². The average Bonchev–Trinajstić information content (AvgIpc) is 3.49. The lowest BCUT2D eigenvalue weighted by Gasteiger charge is -2.42. The zero-order valence-corrected chi connectivity index (χ0v) is 36.3. The lowest BCUT2D eigenvalue weighted by Crippen LogP contribution is -2.64. The third-order valence-corrected chi connectivity index (χ3v) is 11.6. The summed E-state index contributed by atoms with van der Waals surface area (Å²) >= 11 is 0. The monoisotopic (exact) mass is 890 g/mol. The number of hydrogen-bond donors (Lipinski definition) is 8. The molecule has 4 atom stereocenters. The summed E-state index contributed by atoms with van der Waals surface area (Å²) in [6, 6.07) is -4.93. The van der Waals surface area contributed by atoms with Crippen LogP contribution < -0.4 is 37.5 Å². The van der Waals surface area contributed by atoms with Crippen molar-refractivity contribution in [3.05, 3.63) is 0 Å². The van der Waals surface area contributed by atoms with Crippen LogP contribution in [0.25, 0.3) is 0 Å². The molecule has 5 rings (SSSR count). The van der Waals surface area contributed by atoms with Crippen LogP contribution in [-0.4, -0.2) is 179 Å². The molecule has 8 N–H and O–H groups in total. The van der Waals surface area contributed by atoms with Gasteiger partial charge in [-0.25, -0.2) is 50.7 Å². The van der Waals surface area contributed by atoms with Gasteiger partial charge in [0, 0.05) is 78.8 Å². The number of carbonyl (C=O) groups excluding carboxylic acids is 9. The molecule has 4 aliphatic heterocycles. The summed E-state index contributed by atoms with van der Waals surface area (Å²) < 4.78 is 0. The number of carboxylic acids is 1. The highest BCUT2D eigenvalue weighted by Gasteiger charge is 2.45. The molecular weight excluding hydrogens is 829 g/mol. The van der Waals surface area contributed by atoms with Crippen LogP contribution in [0.2, 0.25) is 0 Å². The van der Waals surface area contributed by atoms with Gasteiger partial charge in [-0.3, -0.25) is 38.8 Å². The Bertz CT molecular complexity index is 1730. The maximum absolute atomic E-state index is 13.2. The van der Waals surface area contributed by atoms with E-state index in [-0.39, 0.29) is 55.5 Å². The Labute approximate surface area is 365 Å². The van der Waals surface area contributed by atoms with Crippen LogP contribution >= 0.6 is 0 Å². The number of carbonyl (C=O) groups is 10. The average molecular weight is 891 g/mol. The Balaban J connectivity index is 0.000000302. The number of aliphatic carboxylic acids is 1. The minimum absolute atomic E-state index is 0.0489. The molecule has 0 aromatic heterocycles. The Kier molecular flexibility index (Phi) is 18.8. The third kappa shape index (κ3) is 13.2. The van der Waals surface area contributed by atoms with Crippen molar-refractivity contribution in [3.8, 4) is 0 Å². The Morgan fingerprint density at radius 2 is 1.24 bits per heavy atom. The summed E-state index contributed by atoms with van der Waals surface area (Å²) in [5, 5.41) is 31.0. The maximum atomic E-state index is 13.2. The van der Waals surface area contributed by atoms with Crippen molar-refractivity contribution in [2.24, 2.45) is 16.9 Å². The number of fused-ring (bicyclic) bond motifs is 2. The maximum Gasteiger partial charge on any atom is 0.353 e. The first-order valence-corrected chi connectivity index (χ1v) is 21.4. The van der Waals surface area contributed by atoms with E-state index in [4.69, 9.17) is 5.11 Å². The van der Waals surface area contributed by atoms with Crippen LogP contribution in [0.4, 0.5) is 14.4 Å². The molecule has 0 spiro atoms. The molecule has 1 saturated carbocycles. The molecule has 0 unspecified atom stereocenters. The van der Waals surface area contributed by atoms with E-state index in [2.05, 4.69) is 42.6 Å². The number of hydrogen-bond acceptors (Lipinski definition) is 13. The minimum atomic E-state index is -1.23. The van der Waals surface area contributed by atoms with Crippen LogP contribution in [0.3, 0.4) is 0 Å². The van der Waals surface area contributed by atoms with E-state index in [0.717, 1.165) is 30.7 Å². The van der Waals surface area contributed by atoms with Crippen molar-refractivity contribution in [1.29, 1.82) is 0 Å². The standard InChI is InChI=1S/C24H41N9O5.C14H21N5O6/c1-4-18(15-28-30-23(37)27-14-16-7-9-17(10-8-16)21(35)25-2)29-22(36)19-6-5-12-32-20(34)11-13-31(26-3)24(38)33(19)32;1-15-17-6-4-11(21)18-5-2-3-10(19(18)14(17)25)13(24)16-9(8-20)7-12(22)23/h15-19,26H,4-14H2,1-3H3,(H,25,35)(H,29,36)(H2,27,30,37);8-10,15H,2-7H2,1H3,(H,16,24)(H,22,23)/b28-15+;/t16?,17?,18-,19-;9-,10-/m00/s1. The molecule has 0 aromatic rings. The van der Waals surface area contributed by atoms with Crippen molar-refractivity contribution >= 4 is 66.1 Å². The van der Waals surface area contributed by atoms with E-state index in [1.54, 1.807) is 14.1 Å². The molecule has 25 nitrogen and oxygen atoms in total. The fraction of sp³-hybridized carbons (Fsp3) is 0.711. The van der Waals surface area contributed by atoms with Crippen LogP contribution in [0.1, 0.15) is 84.0 Å². The van der Waals surface area contributed by atoms with Crippen molar-refractivity contribution < 1.29 is 53.1 Å². The van der Waals surface area contributed by atoms with Crippen molar-refractivity contribution in [3.63, 3.8) is 0 Å². The predicted octanol–water partition coefficient (Wildman–Crippen LogP) is -1.80. The normalized spacial score (nSPS) is 23.8. The van der Waals surface area contributed by atoms with Gasteiger partial charge in [-0.05, 0) is 63.7 Å². The predicted molar refractivity (Wildman–Crippen MR) is 222 cm³/mol. The van der Waals surface area contributed by atoms with Gasteiger partial charge in [-0.1, -0.05) is 6.92 Å². The molecule has 1 aliphatic carbocycles. The van der Waals surface area contributed by atoms with Crippen LogP contribution in [0, 0.1) is 11.8 Å². The van der Waals surface area contributed by atoms with Gasteiger partial charge in [-0.15, -0.1) is 0 Å². The number of amides is 11. The Morgan fingerprint density at radius 1 is 0.730 bits per heavy atom. The third-order valence-electron chi connectivity index (χ3n) is 11.6. The molecule has 5 fully saturated rings. The summed E-state index contributed by atoms with van der Waals surface area (Å²) in [4.78, 5) is 122. The summed E-state index contributed by atoms with van der Waals surface area (Å²) in [6.07, 6.45) is 7.26. The first kappa shape index (κ1) is 49.5. The molecule has 0 aromatic carbocycles. The SMILES string of the molecule is CC[C@@H](/C=N/NC(=O)NCC1CCC(C(=O)NC)CC1)NC(=O)[C@@H]1CCCN2C(=O)CCN(NC)C(=O)N12.CNN1CCC(=O)N2CCC[C@@H](C(=O)N[C@H](C=O)CC(=O)O)N2C1=O. The number of aldehydes is 1. The quantitative estimate of drug-likeness (QED) is 0.0512. The molecule has 0 bridgehead atoms. The second kappa shape index (κ2) is 23.9. The molecule has 0 radical (unpaired) electrons. The fourth-order valence-electron chi connectivity index (χ4n) is 8.06. The Hall–Kier alpha value is -6.11. The second-order valence-electron chi connectivity index (χ2n) is 15.7. The Morgan fingerprint density at radius 3 is 1.68 bits per heavy atom. The molecule has 25 heteroatoms. The number of nitrogens with one attached hydrogen (secondary N) is 7. The van der Waals surface area contributed by atoms with Crippen LogP contribution in [-0.2, 0) is 33.6 Å². The summed E-state index contributed by atoms with van der Waals surface area (Å²) in [7, 11) is 4.78. The van der Waals surface area contributed by atoms with Gasteiger partial charge in [0.15, 0.2) is 0 Å². The van der Waals surface area contributed by atoms with E-state index in [1.807, 2.05) is 6.92 Å². The van der Waals surface area contributed by atoms with E-state index in [9.17, 15) is 47.9 Å². The highest BCUT2D eigenvalue weighted by atomic mass is 16.4. The largest absolute Gasteiger partial charge is 0.481 e. The van der Waals surface area contributed by atoms with Gasteiger partial charge in [0.2, 0.25) is 29.5 Å². The highest BCUT2D eigenvalue weighted by Crippen LogP contribution is 2.29. The fourth-order valence-corrected chi connectivity index (χ4v) is 8.06. The van der Waals surface area contributed by atoms with Gasteiger partial charge < -0.3 is 31.2 Å². The number of carboxylic acid groups (broad SMARTS) is 1. The van der Waals surface area contributed by atoms with Crippen molar-refractivity contribution in [2.45, 2.75) is 108 Å². The lowest BCUT2D eigenvalue weighted by atomic mass is 9.81. The summed E-state index contributed by atoms with van der Waals surface area (Å²) in [5.74, 6) is -2.31. The highest BCUT2D eigenvalue weighted by molar-refractivity contribution is 5.93. The first-order valence-electron chi connectivity index (χ1n) is 21.4. The molecular formula is C38H62N14O11. The van der Waals surface area contributed by atoms with Crippen LogP contribution in [0.15, 0.2) is 5.10 Å². The van der Waals surface area contributed by atoms with Gasteiger partial charge in [-0.2, -0.15) is 5.10 Å². The molecule has 11 amide bonds. The van der Waals surface area contributed by atoms with Gasteiger partial charge >= 0.3 is 24.1 Å². The van der Waals surface area contributed by atoms with E-state index in [1.165, 1.54) is 38.3 Å². The van der Waals surface area contributed by atoms with E-state index >= 15 is 0 Å². The summed E-state index contributed by atoms with van der Waals surface area (Å²) in [6.45, 7) is 3.47. The first-order chi connectivity index (χ1) is 30.2. The van der Waals surface area contributed by atoms with E-state index in [0.29, 0.717) is 63.9 Å². The number of rotatable bonds is 15. The van der Waals surface area contributed by atoms with Crippen LogP contribution in [0.5, 0.6) is 0 Å². The number of hydrazine groups is 4. The second-order valence-corrected chi connectivity index (χ2v) is 15.7. The zero-order valence-electron chi connectivity index (χ0n) is 36.3. The molecule has 4 saturated heterocycles. The smallest absolute Gasteiger partial charge is 0.353 e. The molecule has 350 valence electrons. The summed E-state index contributed by atoms with van der Waals surface area (Å²) in [5.41, 5.74) is 7.90.